The molecule has 2 aromatic heterocycles. The van der Waals surface area contributed by atoms with Gasteiger partial charge in [0, 0.05) is 42.3 Å². The van der Waals surface area contributed by atoms with E-state index in [2.05, 4.69) is 27.2 Å². The molecule has 2 atom stereocenters. The van der Waals surface area contributed by atoms with Gasteiger partial charge in [0.2, 0.25) is 0 Å². The number of fused-ring (bicyclic) bond motifs is 1. The maximum atomic E-state index is 15.2. The lowest BCUT2D eigenvalue weighted by molar-refractivity contribution is 0.528. The molecule has 2 aromatic carbocycles. The third-order valence-electron chi connectivity index (χ3n) is 8.03. The molecule has 2 heterocycles. The van der Waals surface area contributed by atoms with Gasteiger partial charge < -0.3 is 21.4 Å². The topological polar surface area (TPSA) is 125 Å². The number of nitrogens with two attached hydrogens (primary N) is 1. The van der Waals surface area contributed by atoms with E-state index in [1.165, 1.54) is 17.4 Å². The highest BCUT2D eigenvalue weighted by atomic mass is 35.5. The van der Waals surface area contributed by atoms with Crippen LogP contribution in [0.4, 0.5) is 4.39 Å². The lowest BCUT2D eigenvalue weighted by Gasteiger charge is -2.15. The molecule has 43 heavy (non-hydrogen) atoms. The van der Waals surface area contributed by atoms with Gasteiger partial charge in [-0.1, -0.05) is 29.8 Å². The molecule has 226 valence electrons. The van der Waals surface area contributed by atoms with Gasteiger partial charge in [-0.3, -0.25) is 9.98 Å². The molecule has 6 N–H and O–H groups in total. The predicted molar refractivity (Wildman–Crippen MR) is 173 cm³/mol. The number of aromatic amines is 1. The van der Waals surface area contributed by atoms with Crippen LogP contribution < -0.4 is 22.1 Å². The maximum absolute atomic E-state index is 15.2. The number of nitrogens with zero attached hydrogens (tertiary/aromatic N) is 2. The van der Waals surface area contributed by atoms with E-state index >= 15 is 4.39 Å². The molecule has 0 bridgehead atoms. The quantitative estimate of drug-likeness (QED) is 0.0702. The van der Waals surface area contributed by atoms with Crippen molar-refractivity contribution in [2.45, 2.75) is 64.1 Å². The summed E-state index contributed by atoms with van der Waals surface area (Å²) in [5.74, 6) is 0.589. The minimum Gasteiger partial charge on any atom is -0.374 e. The summed E-state index contributed by atoms with van der Waals surface area (Å²) >= 11 is 6.29. The number of hydrogen-bond donors (Lipinski definition) is 5. The summed E-state index contributed by atoms with van der Waals surface area (Å²) in [7, 11) is 0. The Labute approximate surface area is 256 Å². The summed E-state index contributed by atoms with van der Waals surface area (Å²) in [5, 5.41) is 14.7. The molecule has 0 spiro atoms. The SMILES string of the molecule is C=C[C@@H](CCNC(C)=N)NCc1ccc(-n2cc3cc(-c4cc(CCC[C@@H](N)C5CC5)cc(Cl)c4F)[nH]c3nc2=O)cc1. The first-order valence-corrected chi connectivity index (χ1v) is 15.2. The second kappa shape index (κ2) is 13.7. The molecule has 1 saturated carbocycles. The van der Waals surface area contributed by atoms with Crippen molar-refractivity contribution >= 4 is 28.5 Å². The number of aromatic nitrogens is 3. The van der Waals surface area contributed by atoms with E-state index < -0.39 is 11.5 Å². The predicted octanol–water partition coefficient (Wildman–Crippen LogP) is 5.85. The van der Waals surface area contributed by atoms with Crippen LogP contribution >= 0.6 is 11.6 Å². The molecule has 0 radical (unpaired) electrons. The van der Waals surface area contributed by atoms with Crippen molar-refractivity contribution in [2.24, 2.45) is 11.7 Å². The first kappa shape index (κ1) is 30.7. The van der Waals surface area contributed by atoms with Crippen LogP contribution in [-0.2, 0) is 13.0 Å². The molecule has 10 heteroatoms. The Balaban J connectivity index is 1.29. The van der Waals surface area contributed by atoms with Gasteiger partial charge in [-0.15, -0.1) is 6.58 Å². The zero-order valence-corrected chi connectivity index (χ0v) is 25.2. The van der Waals surface area contributed by atoms with E-state index in [-0.39, 0.29) is 17.1 Å². The largest absolute Gasteiger partial charge is 0.374 e. The van der Waals surface area contributed by atoms with Gasteiger partial charge >= 0.3 is 5.69 Å². The van der Waals surface area contributed by atoms with Crippen LogP contribution in [0.3, 0.4) is 0 Å². The van der Waals surface area contributed by atoms with Crippen LogP contribution in [0.15, 0.2) is 66.1 Å². The van der Waals surface area contributed by atoms with E-state index in [0.717, 1.165) is 36.8 Å². The van der Waals surface area contributed by atoms with Crippen molar-refractivity contribution in [1.29, 1.82) is 5.41 Å². The number of benzene rings is 2. The Kier molecular flexibility index (Phi) is 9.75. The van der Waals surface area contributed by atoms with Crippen LogP contribution in [0.2, 0.25) is 5.02 Å². The van der Waals surface area contributed by atoms with Gasteiger partial charge in [-0.05, 0) is 92.8 Å². The summed E-state index contributed by atoms with van der Waals surface area (Å²) < 4.78 is 16.7. The van der Waals surface area contributed by atoms with Crippen molar-refractivity contribution in [3.8, 4) is 16.9 Å². The average Bonchev–Trinajstić information content (AvgIpc) is 3.76. The van der Waals surface area contributed by atoms with Gasteiger partial charge in [0.25, 0.3) is 0 Å². The fourth-order valence-corrected chi connectivity index (χ4v) is 5.60. The van der Waals surface area contributed by atoms with Crippen molar-refractivity contribution in [3.63, 3.8) is 0 Å². The van der Waals surface area contributed by atoms with Gasteiger partial charge in [0.05, 0.1) is 22.2 Å². The lowest BCUT2D eigenvalue weighted by Crippen LogP contribution is -2.31. The highest BCUT2D eigenvalue weighted by Gasteiger charge is 2.27. The van der Waals surface area contributed by atoms with Gasteiger partial charge in [-0.2, -0.15) is 4.98 Å². The molecular formula is C33H39ClFN7O. The second-order valence-electron chi connectivity index (χ2n) is 11.4. The second-order valence-corrected chi connectivity index (χ2v) is 11.9. The van der Waals surface area contributed by atoms with Crippen LogP contribution in [0, 0.1) is 17.1 Å². The first-order valence-electron chi connectivity index (χ1n) is 14.8. The molecule has 0 saturated heterocycles. The van der Waals surface area contributed by atoms with Gasteiger partial charge in [-0.25, -0.2) is 9.18 Å². The molecule has 0 unspecified atom stereocenters. The minimum atomic E-state index is -0.508. The molecular weight excluding hydrogens is 565 g/mol. The fourth-order valence-electron chi connectivity index (χ4n) is 5.35. The van der Waals surface area contributed by atoms with Crippen molar-refractivity contribution in [3.05, 3.63) is 93.8 Å². The molecule has 4 aromatic rings. The van der Waals surface area contributed by atoms with Crippen LogP contribution in [0.25, 0.3) is 28.0 Å². The van der Waals surface area contributed by atoms with Crippen molar-refractivity contribution in [1.82, 2.24) is 25.2 Å². The Morgan fingerprint density at radius 2 is 2.02 bits per heavy atom. The molecule has 8 nitrogen and oxygen atoms in total. The lowest BCUT2D eigenvalue weighted by atomic mass is 10.00. The van der Waals surface area contributed by atoms with E-state index in [4.69, 9.17) is 22.7 Å². The number of rotatable bonds is 14. The third-order valence-corrected chi connectivity index (χ3v) is 8.30. The highest BCUT2D eigenvalue weighted by Crippen LogP contribution is 2.34. The van der Waals surface area contributed by atoms with Gasteiger partial charge in [0.15, 0.2) is 5.82 Å². The van der Waals surface area contributed by atoms with Crippen molar-refractivity contribution < 1.29 is 4.39 Å². The Bertz CT molecular complexity index is 1660. The van der Waals surface area contributed by atoms with E-state index in [0.29, 0.717) is 52.8 Å². The third kappa shape index (κ3) is 7.79. The van der Waals surface area contributed by atoms with Gasteiger partial charge in [0.1, 0.15) is 5.65 Å². The molecule has 0 aliphatic heterocycles. The monoisotopic (exact) mass is 603 g/mol. The maximum Gasteiger partial charge on any atom is 0.354 e. The summed E-state index contributed by atoms with van der Waals surface area (Å²) in [6.45, 7) is 6.94. The summed E-state index contributed by atoms with van der Waals surface area (Å²) in [4.78, 5) is 20.3. The minimum absolute atomic E-state index is 0.0669. The standard InChI is InChI=1S/C33H39ClFN7O/c1-3-25(13-14-38-20(2)36)39-18-21-7-11-26(12-8-21)42-19-24-17-30(40-32(24)41-33(42)43)27-15-22(16-28(34)31(27)35)5-4-6-29(37)23-9-10-23/h3,7-8,11-12,15-17,19,23,25,29,39H,1,4-6,9-10,13-14,18,37H2,2H3,(H2,36,38)(H,40,41,43)/t25-,29+/m0/s1. The normalized spacial score (nSPS) is 14.5. The summed E-state index contributed by atoms with van der Waals surface area (Å²) in [5.41, 5.74) is 9.74. The van der Waals surface area contributed by atoms with E-state index in [1.54, 1.807) is 25.3 Å². The Hall–Kier alpha value is -3.79. The van der Waals surface area contributed by atoms with E-state index in [9.17, 15) is 4.79 Å². The number of hydrogen-bond acceptors (Lipinski definition) is 5. The fraction of sp³-hybridized carbons (Fsp3) is 0.364. The average molecular weight is 604 g/mol. The number of halogens is 2. The summed E-state index contributed by atoms with van der Waals surface area (Å²) in [6, 6.07) is 13.3. The first-order chi connectivity index (χ1) is 20.7. The zero-order valence-electron chi connectivity index (χ0n) is 24.4. The number of nitrogens with one attached hydrogen (secondary N) is 4. The van der Waals surface area contributed by atoms with E-state index in [1.807, 2.05) is 36.4 Å². The van der Waals surface area contributed by atoms with Crippen LogP contribution in [0.5, 0.6) is 0 Å². The van der Waals surface area contributed by atoms with Crippen LogP contribution in [-0.4, -0.2) is 39.0 Å². The Morgan fingerprint density at radius 1 is 1.26 bits per heavy atom. The van der Waals surface area contributed by atoms with Crippen LogP contribution in [0.1, 0.15) is 50.2 Å². The number of H-pyrrole nitrogens is 1. The number of amidine groups is 1. The zero-order chi connectivity index (χ0) is 30.5. The molecule has 1 fully saturated rings. The Morgan fingerprint density at radius 3 is 2.72 bits per heavy atom. The summed E-state index contributed by atoms with van der Waals surface area (Å²) in [6.07, 6.45) is 9.45. The molecule has 5 rings (SSSR count). The smallest absolute Gasteiger partial charge is 0.354 e. The molecule has 0 amide bonds. The molecule has 1 aliphatic carbocycles. The molecule has 1 aliphatic rings. The number of aryl methyl sites for hydroxylation is 1. The van der Waals surface area contributed by atoms with Crippen molar-refractivity contribution in [2.75, 3.05) is 6.54 Å². The highest BCUT2D eigenvalue weighted by molar-refractivity contribution is 6.31.